The quantitative estimate of drug-likeness (QED) is 0.569. The Morgan fingerprint density at radius 3 is 2.39 bits per heavy atom. The molecule has 0 bridgehead atoms. The lowest BCUT2D eigenvalue weighted by Gasteiger charge is -2.22. The Morgan fingerprint density at radius 1 is 1.15 bits per heavy atom. The van der Waals surface area contributed by atoms with Gasteiger partial charge in [0, 0.05) is 18.1 Å². The molecule has 5 nitrogen and oxygen atoms in total. The zero-order valence-corrected chi connectivity index (χ0v) is 20.6. The Hall–Kier alpha value is -1.92. The number of hydrogen-bond acceptors (Lipinski definition) is 5. The average Bonchev–Trinajstić information content (AvgIpc) is 3.63. The van der Waals surface area contributed by atoms with Gasteiger partial charge in [0.2, 0.25) is 14.9 Å². The topological polar surface area (TPSA) is 84.6 Å². The van der Waals surface area contributed by atoms with Crippen LogP contribution in [0.2, 0.25) is 0 Å². The summed E-state index contributed by atoms with van der Waals surface area (Å²) in [4.78, 5) is 13.2. The first-order valence-electron chi connectivity index (χ1n) is 12.3. The van der Waals surface area contributed by atoms with Gasteiger partial charge in [0.1, 0.15) is 11.5 Å². The molecule has 5 rings (SSSR count). The van der Waals surface area contributed by atoms with Crippen LogP contribution in [-0.4, -0.2) is 25.1 Å². The maximum absolute atomic E-state index is 13.2. The van der Waals surface area contributed by atoms with E-state index in [2.05, 4.69) is 12.1 Å². The molecule has 3 aliphatic rings. The Balaban J connectivity index is 1.42. The molecule has 0 unspecified atom stereocenters. The van der Waals surface area contributed by atoms with Crippen molar-refractivity contribution in [1.29, 1.82) is 0 Å². The van der Waals surface area contributed by atoms with Gasteiger partial charge in [0.15, 0.2) is 5.78 Å². The fraction of sp³-hybridized carbons (Fsp3) is 0.593. The van der Waals surface area contributed by atoms with Gasteiger partial charge < -0.3 is 9.52 Å². The molecule has 0 radical (unpaired) electrons. The largest absolute Gasteiger partial charge is 0.450 e. The minimum Gasteiger partial charge on any atom is -0.450 e. The lowest BCUT2D eigenvalue weighted by Crippen LogP contribution is -2.20. The maximum atomic E-state index is 13.2. The molecule has 0 atom stereocenters. The molecular formula is C27H34O5S. The molecule has 0 aliphatic heterocycles. The normalized spacial score (nSPS) is 18.7. The molecule has 178 valence electrons. The summed E-state index contributed by atoms with van der Waals surface area (Å²) in [7, 11) is -3.92. The molecular weight excluding hydrogens is 436 g/mol. The first kappa shape index (κ1) is 22.9. The van der Waals surface area contributed by atoms with E-state index in [9.17, 15) is 18.3 Å². The van der Waals surface area contributed by atoms with E-state index in [-0.39, 0.29) is 17.3 Å². The minimum absolute atomic E-state index is 0.172. The molecule has 3 aliphatic carbocycles. The molecule has 1 N–H and O–H groups in total. The zero-order chi connectivity index (χ0) is 23.5. The second-order valence-electron chi connectivity index (χ2n) is 10.9. The fourth-order valence-electron chi connectivity index (χ4n) is 5.83. The second-order valence-corrected chi connectivity index (χ2v) is 12.8. The lowest BCUT2D eigenvalue weighted by atomic mass is 9.82. The van der Waals surface area contributed by atoms with Gasteiger partial charge >= 0.3 is 0 Å². The SMILES string of the molecule is Cc1oc(S(=O)(=O)CC(=O)Cc2c(C(C3CC3)C3CC3)ccc3c2CCC3)cc1C(C)(C)O. The van der Waals surface area contributed by atoms with E-state index in [1.54, 1.807) is 20.8 Å². The van der Waals surface area contributed by atoms with Crippen LogP contribution in [0.4, 0.5) is 0 Å². The number of fused-ring (bicyclic) bond motifs is 1. The highest BCUT2D eigenvalue weighted by Gasteiger charge is 2.43. The van der Waals surface area contributed by atoms with Gasteiger partial charge in [-0.15, -0.1) is 0 Å². The Bertz CT molecular complexity index is 1180. The van der Waals surface area contributed by atoms with Crippen LogP contribution in [0.1, 0.15) is 85.4 Å². The van der Waals surface area contributed by atoms with Gasteiger partial charge in [-0.3, -0.25) is 4.79 Å². The number of carbonyl (C=O) groups is 1. The van der Waals surface area contributed by atoms with E-state index in [0.29, 0.717) is 17.2 Å². The van der Waals surface area contributed by atoms with Crippen molar-refractivity contribution >= 4 is 15.6 Å². The number of hydrogen-bond donors (Lipinski definition) is 1. The third-order valence-corrected chi connectivity index (χ3v) is 9.16. The predicted molar refractivity (Wildman–Crippen MR) is 126 cm³/mol. The lowest BCUT2D eigenvalue weighted by molar-refractivity contribution is -0.116. The Morgan fingerprint density at radius 2 is 1.82 bits per heavy atom. The van der Waals surface area contributed by atoms with Crippen molar-refractivity contribution in [2.45, 2.75) is 88.7 Å². The summed E-state index contributed by atoms with van der Waals surface area (Å²) in [5.74, 6) is 1.46. The number of rotatable bonds is 9. The van der Waals surface area contributed by atoms with Crippen molar-refractivity contribution in [3.8, 4) is 0 Å². The van der Waals surface area contributed by atoms with Gasteiger partial charge in [0.05, 0.1) is 5.60 Å². The highest BCUT2D eigenvalue weighted by Crippen LogP contribution is 2.55. The minimum atomic E-state index is -3.92. The molecule has 2 aromatic rings. The molecule has 0 spiro atoms. The second kappa shape index (κ2) is 8.09. The molecule has 33 heavy (non-hydrogen) atoms. The van der Waals surface area contributed by atoms with Crippen molar-refractivity contribution in [2.75, 3.05) is 5.75 Å². The van der Waals surface area contributed by atoms with Crippen LogP contribution < -0.4 is 0 Å². The van der Waals surface area contributed by atoms with E-state index in [1.807, 2.05) is 0 Å². The van der Waals surface area contributed by atoms with Gasteiger partial charge in [-0.1, -0.05) is 12.1 Å². The van der Waals surface area contributed by atoms with Crippen LogP contribution in [-0.2, 0) is 39.5 Å². The van der Waals surface area contributed by atoms with Crippen LogP contribution in [0.5, 0.6) is 0 Å². The van der Waals surface area contributed by atoms with Crippen LogP contribution in [0, 0.1) is 18.8 Å². The van der Waals surface area contributed by atoms with E-state index < -0.39 is 21.2 Å². The molecule has 1 heterocycles. The summed E-state index contributed by atoms with van der Waals surface area (Å²) in [5, 5.41) is 10.0. The molecule has 2 saturated carbocycles. The smallest absolute Gasteiger partial charge is 0.219 e. The molecule has 0 saturated heterocycles. The summed E-state index contributed by atoms with van der Waals surface area (Å²) in [5.41, 5.74) is 4.25. The van der Waals surface area contributed by atoms with Crippen LogP contribution >= 0.6 is 0 Å². The predicted octanol–water partition coefficient (Wildman–Crippen LogP) is 4.79. The van der Waals surface area contributed by atoms with Crippen LogP contribution in [0.25, 0.3) is 0 Å². The van der Waals surface area contributed by atoms with Crippen molar-refractivity contribution in [2.24, 2.45) is 11.8 Å². The van der Waals surface area contributed by atoms with Crippen molar-refractivity contribution in [3.63, 3.8) is 0 Å². The summed E-state index contributed by atoms with van der Waals surface area (Å²) in [6, 6.07) is 5.86. The first-order valence-corrected chi connectivity index (χ1v) is 13.9. The average molecular weight is 471 g/mol. The molecule has 6 heteroatoms. The van der Waals surface area contributed by atoms with Gasteiger partial charge in [0.25, 0.3) is 0 Å². The third-order valence-electron chi connectivity index (χ3n) is 7.64. The van der Waals surface area contributed by atoms with Crippen molar-refractivity contribution < 1.29 is 22.7 Å². The van der Waals surface area contributed by atoms with Crippen LogP contribution in [0.3, 0.4) is 0 Å². The monoisotopic (exact) mass is 470 g/mol. The van der Waals surface area contributed by atoms with Gasteiger partial charge in [-0.2, -0.15) is 0 Å². The van der Waals surface area contributed by atoms with Gasteiger partial charge in [-0.05, 0) is 106 Å². The number of furan rings is 1. The third kappa shape index (κ3) is 4.57. The van der Waals surface area contributed by atoms with E-state index >= 15 is 0 Å². The Labute approximate surface area is 196 Å². The molecule has 0 amide bonds. The van der Waals surface area contributed by atoms with Crippen molar-refractivity contribution in [3.05, 3.63) is 51.8 Å². The number of ketones is 1. The highest BCUT2D eigenvalue weighted by molar-refractivity contribution is 7.92. The van der Waals surface area contributed by atoms with Crippen LogP contribution in [0.15, 0.2) is 27.7 Å². The molecule has 1 aromatic carbocycles. The van der Waals surface area contributed by atoms with E-state index in [4.69, 9.17) is 4.42 Å². The number of carbonyl (C=O) groups excluding carboxylic acids is 1. The number of sulfone groups is 1. The van der Waals surface area contributed by atoms with Gasteiger partial charge in [-0.25, -0.2) is 8.42 Å². The fourth-order valence-corrected chi connectivity index (χ4v) is 7.05. The summed E-state index contributed by atoms with van der Waals surface area (Å²) >= 11 is 0. The highest BCUT2D eigenvalue weighted by atomic mass is 32.2. The molecule has 2 fully saturated rings. The standard InChI is InChI=1S/C27H34O5S/c1-16-24(27(2,3)29)14-25(32-16)33(30,31)15-20(28)13-23-21-6-4-5-17(21)11-12-22(23)26(18-7-8-18)19-9-10-19/h11-12,14,18-19,26,29H,4-10,13,15H2,1-3H3. The maximum Gasteiger partial charge on any atom is 0.219 e. The summed E-state index contributed by atoms with van der Waals surface area (Å²) < 4.78 is 31.5. The summed E-state index contributed by atoms with van der Waals surface area (Å²) in [6.45, 7) is 4.80. The van der Waals surface area contributed by atoms with E-state index in [0.717, 1.165) is 36.7 Å². The Kier molecular flexibility index (Phi) is 5.60. The number of Topliss-reactive ketones (excluding diaryl/α,β-unsaturated/α-hetero) is 1. The number of aliphatic hydroxyl groups is 1. The number of benzene rings is 1. The number of aryl methyl sites for hydroxylation is 2. The van der Waals surface area contributed by atoms with E-state index in [1.165, 1.54) is 48.4 Å². The van der Waals surface area contributed by atoms with Crippen molar-refractivity contribution in [1.82, 2.24) is 0 Å². The molecule has 1 aromatic heterocycles. The first-order chi connectivity index (χ1) is 15.5. The zero-order valence-electron chi connectivity index (χ0n) is 19.8. The summed E-state index contributed by atoms with van der Waals surface area (Å²) in [6.07, 6.45) is 8.35.